The van der Waals surface area contributed by atoms with Gasteiger partial charge < -0.3 is 10.1 Å². The molecule has 0 aliphatic carbocycles. The number of carbonyl (C=O) groups excluding carboxylic acids is 1. The van der Waals surface area contributed by atoms with Crippen LogP contribution >= 0.6 is 0 Å². The van der Waals surface area contributed by atoms with Crippen molar-refractivity contribution in [3.05, 3.63) is 77.5 Å². The van der Waals surface area contributed by atoms with Gasteiger partial charge in [0.2, 0.25) is 5.91 Å². The maximum atomic E-state index is 12.5. The summed E-state index contributed by atoms with van der Waals surface area (Å²) in [6.45, 7) is -2.36. The number of rotatable bonds is 5. The summed E-state index contributed by atoms with van der Waals surface area (Å²) in [6, 6.07) is 16.3. The predicted molar refractivity (Wildman–Crippen MR) is 95.9 cm³/mol. The van der Waals surface area contributed by atoms with Crippen molar-refractivity contribution in [3.63, 3.8) is 0 Å². The number of anilines is 1. The van der Waals surface area contributed by atoms with Crippen molar-refractivity contribution in [2.75, 3.05) is 5.32 Å². The Morgan fingerprint density at radius 3 is 2.78 bits per heavy atom. The number of nitrogens with zero attached hydrogens (tertiary/aromatic N) is 2. The van der Waals surface area contributed by atoms with Crippen LogP contribution in [0, 0.1) is 0 Å². The molecule has 1 N–H and O–H groups in total. The fraction of sp³-hybridized carbons (Fsp3) is 0.200. The van der Waals surface area contributed by atoms with Crippen molar-refractivity contribution in [3.8, 4) is 5.75 Å². The SMILES string of the molecule is O=C1C[C@@H](c2cccc(OC(F)F)c2)c2cnn(Cc3ccccc3)c2N1. The van der Waals surface area contributed by atoms with Crippen molar-refractivity contribution in [1.29, 1.82) is 0 Å². The molecule has 4 rings (SSSR count). The lowest BCUT2D eigenvalue weighted by Gasteiger charge is -2.24. The highest BCUT2D eigenvalue weighted by molar-refractivity contribution is 5.94. The van der Waals surface area contributed by atoms with Crippen LogP contribution < -0.4 is 10.1 Å². The maximum absolute atomic E-state index is 12.5. The van der Waals surface area contributed by atoms with Crippen LogP contribution in [0.25, 0.3) is 0 Å². The minimum absolute atomic E-state index is 0.0757. The predicted octanol–water partition coefficient (Wildman–Crippen LogP) is 4.01. The van der Waals surface area contributed by atoms with E-state index in [4.69, 9.17) is 0 Å². The molecule has 2 heterocycles. The van der Waals surface area contributed by atoms with Gasteiger partial charge in [0, 0.05) is 17.9 Å². The zero-order valence-electron chi connectivity index (χ0n) is 14.3. The largest absolute Gasteiger partial charge is 0.435 e. The third kappa shape index (κ3) is 3.67. The molecule has 0 fully saturated rings. The van der Waals surface area contributed by atoms with Crippen LogP contribution in [0.2, 0.25) is 0 Å². The molecule has 3 aromatic rings. The van der Waals surface area contributed by atoms with Crippen LogP contribution in [0.3, 0.4) is 0 Å². The lowest BCUT2D eigenvalue weighted by Crippen LogP contribution is -2.25. The van der Waals surface area contributed by atoms with E-state index in [9.17, 15) is 13.6 Å². The topological polar surface area (TPSA) is 56.1 Å². The summed E-state index contributed by atoms with van der Waals surface area (Å²) >= 11 is 0. The first-order valence-electron chi connectivity index (χ1n) is 8.54. The summed E-state index contributed by atoms with van der Waals surface area (Å²) in [5.74, 6) is 0.314. The highest BCUT2D eigenvalue weighted by Gasteiger charge is 2.30. The second-order valence-corrected chi connectivity index (χ2v) is 6.35. The molecule has 5 nitrogen and oxygen atoms in total. The minimum atomic E-state index is -2.89. The lowest BCUT2D eigenvalue weighted by molar-refractivity contribution is -0.116. The van der Waals surface area contributed by atoms with E-state index in [0.717, 1.165) is 16.7 Å². The van der Waals surface area contributed by atoms with Crippen LogP contribution in [-0.4, -0.2) is 22.3 Å². The van der Waals surface area contributed by atoms with E-state index in [-0.39, 0.29) is 24.0 Å². The van der Waals surface area contributed by atoms with Crippen molar-refractivity contribution in [2.24, 2.45) is 0 Å². The zero-order valence-corrected chi connectivity index (χ0v) is 14.3. The van der Waals surface area contributed by atoms with E-state index in [1.54, 1.807) is 29.1 Å². The van der Waals surface area contributed by atoms with E-state index in [1.165, 1.54) is 6.07 Å². The number of halogens is 2. The molecule has 0 saturated heterocycles. The molecular formula is C20H17F2N3O2. The third-order valence-corrected chi connectivity index (χ3v) is 4.55. The highest BCUT2D eigenvalue weighted by atomic mass is 19.3. The first-order chi connectivity index (χ1) is 13.1. The Labute approximate surface area is 154 Å². The smallest absolute Gasteiger partial charge is 0.387 e. The molecule has 27 heavy (non-hydrogen) atoms. The minimum Gasteiger partial charge on any atom is -0.435 e. The highest BCUT2D eigenvalue weighted by Crippen LogP contribution is 2.38. The van der Waals surface area contributed by atoms with E-state index in [1.807, 2.05) is 30.3 Å². The Morgan fingerprint density at radius 1 is 1.19 bits per heavy atom. The normalized spacial score (nSPS) is 16.1. The molecule has 0 radical (unpaired) electrons. The summed E-state index contributed by atoms with van der Waals surface area (Å²) < 4.78 is 31.2. The molecule has 1 aromatic heterocycles. The van der Waals surface area contributed by atoms with Gasteiger partial charge in [0.25, 0.3) is 0 Å². The average molecular weight is 369 g/mol. The Kier molecular flexibility index (Phi) is 4.58. The van der Waals surface area contributed by atoms with Gasteiger partial charge in [-0.05, 0) is 23.3 Å². The van der Waals surface area contributed by atoms with E-state index in [0.29, 0.717) is 12.4 Å². The van der Waals surface area contributed by atoms with Crippen molar-refractivity contribution in [1.82, 2.24) is 9.78 Å². The van der Waals surface area contributed by atoms with Gasteiger partial charge >= 0.3 is 6.61 Å². The second-order valence-electron chi connectivity index (χ2n) is 6.35. The van der Waals surface area contributed by atoms with Gasteiger partial charge in [0.1, 0.15) is 11.6 Å². The number of aromatic nitrogens is 2. The summed E-state index contributed by atoms with van der Waals surface area (Å²) in [5, 5.41) is 7.31. The monoisotopic (exact) mass is 369 g/mol. The van der Waals surface area contributed by atoms with Gasteiger partial charge in [0.05, 0.1) is 12.7 Å². The fourth-order valence-corrected chi connectivity index (χ4v) is 3.35. The Bertz CT molecular complexity index is 957. The first kappa shape index (κ1) is 17.2. The molecule has 138 valence electrons. The summed E-state index contributed by atoms with van der Waals surface area (Å²) in [4.78, 5) is 12.3. The number of carbonyl (C=O) groups is 1. The van der Waals surface area contributed by atoms with Gasteiger partial charge in [-0.1, -0.05) is 42.5 Å². The fourth-order valence-electron chi connectivity index (χ4n) is 3.35. The van der Waals surface area contributed by atoms with Gasteiger partial charge in [-0.2, -0.15) is 13.9 Å². The molecular weight excluding hydrogens is 352 g/mol. The van der Waals surface area contributed by atoms with Crippen LogP contribution in [0.5, 0.6) is 5.75 Å². The quantitative estimate of drug-likeness (QED) is 0.739. The van der Waals surface area contributed by atoms with Gasteiger partial charge in [-0.25, -0.2) is 4.68 Å². The number of hydrogen-bond acceptors (Lipinski definition) is 3. The molecule has 0 unspecified atom stereocenters. The van der Waals surface area contributed by atoms with Gasteiger partial charge in [-0.3, -0.25) is 4.79 Å². The zero-order chi connectivity index (χ0) is 18.8. The second kappa shape index (κ2) is 7.19. The Balaban J connectivity index is 1.67. The average Bonchev–Trinajstić information content (AvgIpc) is 3.04. The van der Waals surface area contributed by atoms with Crippen molar-refractivity contribution in [2.45, 2.75) is 25.5 Å². The summed E-state index contributed by atoms with van der Waals surface area (Å²) in [5.41, 5.74) is 2.66. The molecule has 2 aromatic carbocycles. The number of fused-ring (bicyclic) bond motifs is 1. The number of nitrogens with one attached hydrogen (secondary N) is 1. The van der Waals surface area contributed by atoms with Crippen molar-refractivity contribution < 1.29 is 18.3 Å². The van der Waals surface area contributed by atoms with E-state index >= 15 is 0 Å². The van der Waals surface area contributed by atoms with Gasteiger partial charge in [0.15, 0.2) is 0 Å². The molecule has 0 spiro atoms. The van der Waals surface area contributed by atoms with E-state index in [2.05, 4.69) is 15.2 Å². The maximum Gasteiger partial charge on any atom is 0.387 e. The molecule has 1 atom stereocenters. The van der Waals surface area contributed by atoms with Crippen LogP contribution in [0.4, 0.5) is 14.6 Å². The van der Waals surface area contributed by atoms with Crippen LogP contribution in [0.15, 0.2) is 60.8 Å². The lowest BCUT2D eigenvalue weighted by atomic mass is 9.87. The molecule has 7 heteroatoms. The standard InChI is InChI=1S/C20H17F2N3O2/c21-20(22)27-15-8-4-7-14(9-15)16-10-18(26)24-19-17(16)11-23-25(19)12-13-5-2-1-3-6-13/h1-9,11,16,20H,10,12H2,(H,24,26)/t16-/m0/s1. The molecule has 1 aliphatic heterocycles. The number of alkyl halides is 2. The third-order valence-electron chi connectivity index (χ3n) is 4.55. The Morgan fingerprint density at radius 2 is 2.00 bits per heavy atom. The molecule has 1 amide bonds. The van der Waals surface area contributed by atoms with Crippen LogP contribution in [-0.2, 0) is 11.3 Å². The number of hydrogen-bond donors (Lipinski definition) is 1. The Hall–Kier alpha value is -3.22. The summed E-state index contributed by atoms with van der Waals surface area (Å²) in [7, 11) is 0. The summed E-state index contributed by atoms with van der Waals surface area (Å²) in [6.07, 6.45) is 1.95. The number of ether oxygens (including phenoxy) is 1. The molecule has 0 saturated carbocycles. The first-order valence-corrected chi connectivity index (χ1v) is 8.54. The van der Waals surface area contributed by atoms with Crippen LogP contribution in [0.1, 0.15) is 29.0 Å². The van der Waals surface area contributed by atoms with Gasteiger partial charge in [-0.15, -0.1) is 0 Å². The molecule has 1 aliphatic rings. The van der Waals surface area contributed by atoms with Crippen molar-refractivity contribution >= 4 is 11.7 Å². The molecule has 0 bridgehead atoms. The number of benzene rings is 2. The van der Waals surface area contributed by atoms with E-state index < -0.39 is 6.61 Å². The number of amides is 1.